The normalized spacial score (nSPS) is 18.5. The summed E-state index contributed by atoms with van der Waals surface area (Å²) in [5.41, 5.74) is 0. The highest BCUT2D eigenvalue weighted by molar-refractivity contribution is 5.42. The van der Waals surface area contributed by atoms with Crippen molar-refractivity contribution in [2.24, 2.45) is 0 Å². The molecule has 0 N–H and O–H groups in total. The summed E-state index contributed by atoms with van der Waals surface area (Å²) < 4.78 is 13.0. The average molecular weight is 328 g/mol. The van der Waals surface area contributed by atoms with Gasteiger partial charge in [0.2, 0.25) is 5.89 Å². The summed E-state index contributed by atoms with van der Waals surface area (Å²) in [6.45, 7) is 6.42. The van der Waals surface area contributed by atoms with Crippen molar-refractivity contribution in [3.8, 4) is 11.7 Å². The molecule has 0 aromatic carbocycles. The minimum atomic E-state index is 0.406. The van der Waals surface area contributed by atoms with Crippen LogP contribution in [0.15, 0.2) is 27.2 Å². The quantitative estimate of drug-likeness (QED) is 0.709. The summed E-state index contributed by atoms with van der Waals surface area (Å²) in [6.07, 6.45) is 3.90. The summed E-state index contributed by atoms with van der Waals surface area (Å²) in [5.74, 6) is 3.41. The maximum atomic E-state index is 5.72. The third-order valence-corrected chi connectivity index (χ3v) is 4.38. The van der Waals surface area contributed by atoms with Crippen molar-refractivity contribution in [3.05, 3.63) is 35.9 Å². The van der Waals surface area contributed by atoms with Crippen LogP contribution in [0.25, 0.3) is 11.7 Å². The number of hydrogen-bond donors (Lipinski definition) is 0. The van der Waals surface area contributed by atoms with Gasteiger partial charge in [0, 0.05) is 6.04 Å². The number of aromatic nitrogens is 5. The molecule has 3 aromatic rings. The van der Waals surface area contributed by atoms with Gasteiger partial charge in [0.1, 0.15) is 11.6 Å². The van der Waals surface area contributed by atoms with Gasteiger partial charge < -0.3 is 8.83 Å². The van der Waals surface area contributed by atoms with Gasteiger partial charge in [-0.25, -0.2) is 9.67 Å². The molecule has 1 atom stereocenters. The molecule has 1 unspecified atom stereocenters. The monoisotopic (exact) mass is 328 g/mol. The van der Waals surface area contributed by atoms with Crippen molar-refractivity contribution < 1.29 is 8.83 Å². The SMILES string of the molecule is Cc1nc(C)n(CC2CCCN2Cc2nnc(-c3ccco3)o2)n1. The molecule has 1 aliphatic heterocycles. The average Bonchev–Trinajstić information content (AvgIpc) is 3.30. The summed E-state index contributed by atoms with van der Waals surface area (Å²) >= 11 is 0. The van der Waals surface area contributed by atoms with Gasteiger partial charge in [0.15, 0.2) is 5.76 Å². The molecule has 8 heteroatoms. The van der Waals surface area contributed by atoms with Crippen LogP contribution in [0.3, 0.4) is 0 Å². The largest absolute Gasteiger partial charge is 0.459 e. The van der Waals surface area contributed by atoms with E-state index in [0.717, 1.165) is 37.6 Å². The molecule has 3 aromatic heterocycles. The first kappa shape index (κ1) is 15.1. The van der Waals surface area contributed by atoms with Gasteiger partial charge in [0.05, 0.1) is 19.4 Å². The number of furan rings is 1. The molecule has 0 bridgehead atoms. The lowest BCUT2D eigenvalue weighted by Crippen LogP contribution is -2.33. The van der Waals surface area contributed by atoms with E-state index in [0.29, 0.717) is 30.1 Å². The first-order valence-corrected chi connectivity index (χ1v) is 8.17. The Kier molecular flexibility index (Phi) is 3.89. The molecular formula is C16H20N6O2. The lowest BCUT2D eigenvalue weighted by Gasteiger charge is -2.22. The van der Waals surface area contributed by atoms with Crippen molar-refractivity contribution in [1.29, 1.82) is 0 Å². The number of likely N-dealkylation sites (tertiary alicyclic amines) is 1. The Bertz CT molecular complexity index is 807. The van der Waals surface area contributed by atoms with Crippen LogP contribution in [-0.4, -0.2) is 42.4 Å². The standard InChI is InChI=1S/C16H20N6O2/c1-11-17-12(2)22(20-11)9-13-5-3-7-21(13)10-15-18-19-16(24-15)14-6-4-8-23-14/h4,6,8,13H,3,5,7,9-10H2,1-2H3. The van der Waals surface area contributed by atoms with Crippen molar-refractivity contribution in [2.75, 3.05) is 6.54 Å². The van der Waals surface area contributed by atoms with Gasteiger partial charge in [-0.15, -0.1) is 10.2 Å². The van der Waals surface area contributed by atoms with Crippen LogP contribution in [0, 0.1) is 13.8 Å². The molecule has 4 rings (SSSR count). The number of aryl methyl sites for hydroxylation is 2. The van der Waals surface area contributed by atoms with E-state index in [1.54, 1.807) is 12.3 Å². The van der Waals surface area contributed by atoms with Crippen LogP contribution in [0.4, 0.5) is 0 Å². The first-order valence-electron chi connectivity index (χ1n) is 8.17. The van der Waals surface area contributed by atoms with Crippen molar-refractivity contribution >= 4 is 0 Å². The van der Waals surface area contributed by atoms with Crippen LogP contribution >= 0.6 is 0 Å². The lowest BCUT2D eigenvalue weighted by atomic mass is 10.2. The molecular weight excluding hydrogens is 308 g/mol. The van der Waals surface area contributed by atoms with Gasteiger partial charge in [-0.2, -0.15) is 5.10 Å². The summed E-state index contributed by atoms with van der Waals surface area (Å²) in [5, 5.41) is 12.7. The third kappa shape index (κ3) is 2.96. The minimum Gasteiger partial charge on any atom is -0.459 e. The Morgan fingerprint density at radius 3 is 2.96 bits per heavy atom. The predicted molar refractivity (Wildman–Crippen MR) is 84.9 cm³/mol. The molecule has 1 aliphatic rings. The molecule has 0 aliphatic carbocycles. The van der Waals surface area contributed by atoms with E-state index < -0.39 is 0 Å². The highest BCUT2D eigenvalue weighted by atomic mass is 16.4. The van der Waals surface area contributed by atoms with Crippen molar-refractivity contribution in [3.63, 3.8) is 0 Å². The molecule has 126 valence electrons. The zero-order chi connectivity index (χ0) is 16.5. The van der Waals surface area contributed by atoms with Gasteiger partial charge in [-0.3, -0.25) is 4.90 Å². The van der Waals surface area contributed by atoms with E-state index in [9.17, 15) is 0 Å². The summed E-state index contributed by atoms with van der Waals surface area (Å²) in [4.78, 5) is 6.75. The van der Waals surface area contributed by atoms with Crippen molar-refractivity contribution in [2.45, 2.75) is 45.8 Å². The minimum absolute atomic E-state index is 0.406. The second-order valence-corrected chi connectivity index (χ2v) is 6.13. The third-order valence-electron chi connectivity index (χ3n) is 4.38. The second-order valence-electron chi connectivity index (χ2n) is 6.13. The molecule has 1 fully saturated rings. The number of hydrogen-bond acceptors (Lipinski definition) is 7. The van der Waals surface area contributed by atoms with Crippen LogP contribution < -0.4 is 0 Å². The Labute approximate surface area is 139 Å². The van der Waals surface area contributed by atoms with Gasteiger partial charge >= 0.3 is 0 Å². The van der Waals surface area contributed by atoms with Crippen molar-refractivity contribution in [1.82, 2.24) is 29.9 Å². The highest BCUT2D eigenvalue weighted by Gasteiger charge is 2.27. The maximum Gasteiger partial charge on any atom is 0.283 e. The number of nitrogens with zero attached hydrogens (tertiary/aromatic N) is 6. The summed E-state index contributed by atoms with van der Waals surface area (Å²) in [7, 11) is 0. The molecule has 1 saturated heterocycles. The zero-order valence-electron chi connectivity index (χ0n) is 13.8. The topological polar surface area (TPSA) is 86.0 Å². The van der Waals surface area contributed by atoms with Crippen LogP contribution in [0.2, 0.25) is 0 Å². The van der Waals surface area contributed by atoms with Crippen LogP contribution in [-0.2, 0) is 13.1 Å². The fourth-order valence-corrected chi connectivity index (χ4v) is 3.23. The number of rotatable bonds is 5. The first-order chi connectivity index (χ1) is 11.7. The Hall–Kier alpha value is -2.48. The molecule has 8 nitrogen and oxygen atoms in total. The van der Waals surface area contributed by atoms with E-state index in [1.807, 2.05) is 24.6 Å². The van der Waals surface area contributed by atoms with E-state index in [2.05, 4.69) is 25.2 Å². The van der Waals surface area contributed by atoms with Crippen LogP contribution in [0.1, 0.15) is 30.4 Å². The van der Waals surface area contributed by atoms with E-state index in [4.69, 9.17) is 8.83 Å². The maximum absolute atomic E-state index is 5.72. The predicted octanol–water partition coefficient (Wildman–Crippen LogP) is 2.20. The lowest BCUT2D eigenvalue weighted by molar-refractivity contribution is 0.199. The van der Waals surface area contributed by atoms with Gasteiger partial charge in [0.25, 0.3) is 5.89 Å². The fraction of sp³-hybridized carbons (Fsp3) is 0.500. The fourth-order valence-electron chi connectivity index (χ4n) is 3.23. The second kappa shape index (κ2) is 6.20. The van der Waals surface area contributed by atoms with Gasteiger partial charge in [-0.1, -0.05) is 0 Å². The van der Waals surface area contributed by atoms with E-state index in [-0.39, 0.29) is 0 Å². The highest BCUT2D eigenvalue weighted by Crippen LogP contribution is 2.23. The molecule has 0 saturated carbocycles. The molecule has 0 spiro atoms. The zero-order valence-corrected chi connectivity index (χ0v) is 13.8. The van der Waals surface area contributed by atoms with E-state index in [1.165, 1.54) is 0 Å². The van der Waals surface area contributed by atoms with E-state index >= 15 is 0 Å². The molecule has 24 heavy (non-hydrogen) atoms. The Morgan fingerprint density at radius 1 is 1.29 bits per heavy atom. The molecule has 0 amide bonds. The Balaban J connectivity index is 1.44. The molecule has 0 radical (unpaired) electrons. The Morgan fingerprint density at radius 2 is 2.21 bits per heavy atom. The molecule has 4 heterocycles. The van der Waals surface area contributed by atoms with Gasteiger partial charge in [-0.05, 0) is 45.4 Å². The smallest absolute Gasteiger partial charge is 0.283 e. The summed E-state index contributed by atoms with van der Waals surface area (Å²) in [6, 6.07) is 4.02. The van der Waals surface area contributed by atoms with Crippen LogP contribution in [0.5, 0.6) is 0 Å².